The number of halogens is 1. The van der Waals surface area contributed by atoms with Crippen molar-refractivity contribution in [3.05, 3.63) is 23.2 Å². The first-order valence-corrected chi connectivity index (χ1v) is 7.38. The fourth-order valence-corrected chi connectivity index (χ4v) is 2.60. The van der Waals surface area contributed by atoms with E-state index in [0.29, 0.717) is 16.4 Å². The maximum atomic E-state index is 12.4. The molecular weight excluding hydrogens is 290 g/mol. The Morgan fingerprint density at radius 3 is 2.48 bits per heavy atom. The molecule has 1 aliphatic rings. The summed E-state index contributed by atoms with van der Waals surface area (Å²) in [7, 11) is 0. The van der Waals surface area contributed by atoms with Crippen LogP contribution in [0.15, 0.2) is 18.2 Å². The molecule has 114 valence electrons. The summed E-state index contributed by atoms with van der Waals surface area (Å²) in [5.74, 6) is -0.178. The van der Waals surface area contributed by atoms with Crippen molar-refractivity contribution in [2.75, 3.05) is 23.7 Å². The first-order valence-electron chi connectivity index (χ1n) is 7.00. The molecule has 3 N–H and O–H groups in total. The molecule has 1 saturated heterocycles. The predicted octanol–water partition coefficient (Wildman–Crippen LogP) is 2.63. The lowest BCUT2D eigenvalue weighted by Crippen LogP contribution is -2.42. The summed E-state index contributed by atoms with van der Waals surface area (Å²) in [4.78, 5) is 23.4. The Kier molecular flexibility index (Phi) is 4.85. The van der Waals surface area contributed by atoms with E-state index in [9.17, 15) is 9.59 Å². The molecule has 0 radical (unpaired) electrons. The van der Waals surface area contributed by atoms with Gasteiger partial charge in [-0.25, -0.2) is 0 Å². The smallest absolute Gasteiger partial charge is 0.230 e. The summed E-state index contributed by atoms with van der Waals surface area (Å²) in [6.45, 7) is 5.11. The molecule has 1 heterocycles. The minimum absolute atomic E-state index is 0.00680. The van der Waals surface area contributed by atoms with Crippen LogP contribution in [0.4, 0.5) is 11.4 Å². The normalized spacial score (nSPS) is 17.1. The number of piperidine rings is 1. The van der Waals surface area contributed by atoms with Crippen LogP contribution in [0.25, 0.3) is 0 Å². The highest BCUT2D eigenvalue weighted by atomic mass is 35.5. The lowest BCUT2D eigenvalue weighted by Gasteiger charge is -2.32. The molecule has 1 fully saturated rings. The van der Waals surface area contributed by atoms with Gasteiger partial charge in [-0.3, -0.25) is 9.59 Å². The number of carbonyl (C=O) groups excluding carboxylic acids is 2. The van der Waals surface area contributed by atoms with E-state index in [1.54, 1.807) is 18.2 Å². The van der Waals surface area contributed by atoms with Crippen molar-refractivity contribution in [2.24, 2.45) is 5.41 Å². The van der Waals surface area contributed by atoms with Gasteiger partial charge in [0.1, 0.15) is 0 Å². The average molecular weight is 310 g/mol. The van der Waals surface area contributed by atoms with Crippen LogP contribution in [0, 0.1) is 5.41 Å². The Bertz CT molecular complexity index is 554. The number of hydrogen-bond acceptors (Lipinski definition) is 3. The standard InChI is InChI=1S/C15H20ClN3O2/c1-10(20)18-13-4-3-11(9-12(13)16)19-14(21)15(2)5-7-17-8-6-15/h3-4,9,17H,5-8H2,1-2H3,(H,18,20)(H,19,21). The molecule has 1 aromatic carbocycles. The minimum atomic E-state index is -0.353. The van der Waals surface area contributed by atoms with Gasteiger partial charge in [-0.15, -0.1) is 0 Å². The number of nitrogens with one attached hydrogen (secondary N) is 3. The summed E-state index contributed by atoms with van der Waals surface area (Å²) in [6.07, 6.45) is 1.63. The Balaban J connectivity index is 2.07. The molecule has 0 bridgehead atoms. The Morgan fingerprint density at radius 2 is 1.90 bits per heavy atom. The predicted molar refractivity (Wildman–Crippen MR) is 84.6 cm³/mol. The van der Waals surface area contributed by atoms with E-state index in [-0.39, 0.29) is 17.2 Å². The first kappa shape index (κ1) is 15.8. The van der Waals surface area contributed by atoms with Crippen molar-refractivity contribution in [3.8, 4) is 0 Å². The van der Waals surface area contributed by atoms with Gasteiger partial charge in [0, 0.05) is 18.0 Å². The molecule has 21 heavy (non-hydrogen) atoms. The topological polar surface area (TPSA) is 70.2 Å². The van der Waals surface area contributed by atoms with Crippen LogP contribution in [0.2, 0.25) is 5.02 Å². The molecule has 0 unspecified atom stereocenters. The largest absolute Gasteiger partial charge is 0.326 e. The Morgan fingerprint density at radius 1 is 1.24 bits per heavy atom. The summed E-state index contributed by atoms with van der Waals surface area (Å²) >= 11 is 6.10. The molecule has 2 amide bonds. The zero-order valence-electron chi connectivity index (χ0n) is 12.3. The molecule has 0 spiro atoms. The van der Waals surface area contributed by atoms with Crippen molar-refractivity contribution in [1.29, 1.82) is 0 Å². The molecule has 0 atom stereocenters. The van der Waals surface area contributed by atoms with Crippen LogP contribution in [0.3, 0.4) is 0 Å². The van der Waals surface area contributed by atoms with E-state index in [1.807, 2.05) is 6.92 Å². The third-order valence-corrected chi connectivity index (χ3v) is 4.11. The fourth-order valence-electron chi connectivity index (χ4n) is 2.37. The lowest BCUT2D eigenvalue weighted by molar-refractivity contribution is -0.126. The van der Waals surface area contributed by atoms with Gasteiger partial charge in [-0.1, -0.05) is 18.5 Å². The van der Waals surface area contributed by atoms with Gasteiger partial charge in [0.15, 0.2) is 0 Å². The van der Waals surface area contributed by atoms with Crippen LogP contribution in [0.5, 0.6) is 0 Å². The van der Waals surface area contributed by atoms with Crippen LogP contribution in [-0.4, -0.2) is 24.9 Å². The van der Waals surface area contributed by atoms with Crippen molar-refractivity contribution < 1.29 is 9.59 Å². The van der Waals surface area contributed by atoms with Crippen molar-refractivity contribution in [2.45, 2.75) is 26.7 Å². The molecular formula is C15H20ClN3O2. The summed E-state index contributed by atoms with van der Waals surface area (Å²) in [6, 6.07) is 5.07. The van der Waals surface area contributed by atoms with E-state index < -0.39 is 0 Å². The monoisotopic (exact) mass is 309 g/mol. The average Bonchev–Trinajstić information content (AvgIpc) is 2.42. The van der Waals surface area contributed by atoms with E-state index in [4.69, 9.17) is 11.6 Å². The quantitative estimate of drug-likeness (QED) is 0.804. The number of anilines is 2. The highest BCUT2D eigenvalue weighted by Crippen LogP contribution is 2.31. The summed E-state index contributed by atoms with van der Waals surface area (Å²) in [5, 5.41) is 9.20. The lowest BCUT2D eigenvalue weighted by atomic mass is 9.80. The third kappa shape index (κ3) is 3.95. The number of benzene rings is 1. The van der Waals surface area contributed by atoms with Crippen molar-refractivity contribution in [3.63, 3.8) is 0 Å². The SMILES string of the molecule is CC(=O)Nc1ccc(NC(=O)C2(C)CCNCC2)cc1Cl. The van der Waals surface area contributed by atoms with Crippen LogP contribution < -0.4 is 16.0 Å². The molecule has 0 aliphatic carbocycles. The van der Waals surface area contributed by atoms with Crippen molar-refractivity contribution in [1.82, 2.24) is 5.32 Å². The van der Waals surface area contributed by atoms with E-state index in [0.717, 1.165) is 25.9 Å². The highest BCUT2D eigenvalue weighted by molar-refractivity contribution is 6.34. The van der Waals surface area contributed by atoms with E-state index in [1.165, 1.54) is 6.92 Å². The second-order valence-corrected chi connectivity index (χ2v) is 6.05. The van der Waals surface area contributed by atoms with Gasteiger partial charge in [-0.05, 0) is 44.1 Å². The molecule has 0 saturated carbocycles. The summed E-state index contributed by atoms with van der Waals surface area (Å²) in [5.41, 5.74) is 0.822. The minimum Gasteiger partial charge on any atom is -0.326 e. The van der Waals surface area contributed by atoms with E-state index >= 15 is 0 Å². The maximum absolute atomic E-state index is 12.4. The van der Waals surface area contributed by atoms with Crippen molar-refractivity contribution >= 4 is 34.8 Å². The van der Waals surface area contributed by atoms with Crippen LogP contribution in [0.1, 0.15) is 26.7 Å². The zero-order valence-corrected chi connectivity index (χ0v) is 13.0. The Labute approximate surface area is 129 Å². The second-order valence-electron chi connectivity index (χ2n) is 5.64. The molecule has 5 nitrogen and oxygen atoms in total. The highest BCUT2D eigenvalue weighted by Gasteiger charge is 2.34. The van der Waals surface area contributed by atoms with Crippen LogP contribution in [-0.2, 0) is 9.59 Å². The maximum Gasteiger partial charge on any atom is 0.230 e. The van der Waals surface area contributed by atoms with Gasteiger partial charge in [0.25, 0.3) is 0 Å². The van der Waals surface area contributed by atoms with Gasteiger partial charge in [0.05, 0.1) is 10.7 Å². The Hall–Kier alpha value is -1.59. The zero-order chi connectivity index (χ0) is 15.5. The number of hydrogen-bond donors (Lipinski definition) is 3. The molecule has 6 heteroatoms. The van der Waals surface area contributed by atoms with Gasteiger partial charge < -0.3 is 16.0 Å². The van der Waals surface area contributed by atoms with Gasteiger partial charge >= 0.3 is 0 Å². The van der Waals surface area contributed by atoms with E-state index in [2.05, 4.69) is 16.0 Å². The molecule has 0 aromatic heterocycles. The van der Waals surface area contributed by atoms with Gasteiger partial charge in [0.2, 0.25) is 11.8 Å². The van der Waals surface area contributed by atoms with Crippen LogP contribution >= 0.6 is 11.6 Å². The molecule has 1 aromatic rings. The number of rotatable bonds is 3. The second kappa shape index (κ2) is 6.45. The third-order valence-electron chi connectivity index (χ3n) is 3.79. The van der Waals surface area contributed by atoms with Gasteiger partial charge in [-0.2, -0.15) is 0 Å². The number of carbonyl (C=O) groups is 2. The number of amides is 2. The molecule has 1 aliphatic heterocycles. The first-order chi connectivity index (χ1) is 9.90. The summed E-state index contributed by atoms with van der Waals surface area (Å²) < 4.78 is 0. The molecule has 2 rings (SSSR count). The fraction of sp³-hybridized carbons (Fsp3) is 0.467.